The van der Waals surface area contributed by atoms with E-state index in [1.807, 2.05) is 0 Å². The molecule has 0 aliphatic heterocycles. The predicted molar refractivity (Wildman–Crippen MR) is 116 cm³/mol. The molecule has 0 aromatic heterocycles. The summed E-state index contributed by atoms with van der Waals surface area (Å²) in [6.07, 6.45) is 3.11. The minimum absolute atomic E-state index is 0.155. The number of carbonyl (C=O) groups excluding carboxylic acids is 2. The number of methoxy groups -OCH3 is 2. The van der Waals surface area contributed by atoms with Gasteiger partial charge in [-0.1, -0.05) is 35.9 Å². The second-order valence-electron chi connectivity index (χ2n) is 6.20. The second-order valence-corrected chi connectivity index (χ2v) is 6.64. The highest BCUT2D eigenvalue weighted by Gasteiger charge is 2.16. The Morgan fingerprint density at radius 1 is 0.833 bits per heavy atom. The van der Waals surface area contributed by atoms with Gasteiger partial charge in [-0.3, -0.25) is 4.79 Å². The van der Waals surface area contributed by atoms with Crippen molar-refractivity contribution in [3.63, 3.8) is 0 Å². The maximum absolute atomic E-state index is 12.5. The summed E-state index contributed by atoms with van der Waals surface area (Å²) in [5, 5.41) is 0.568. The molecular weight excluding hydrogens is 404 g/mol. The first-order chi connectivity index (χ1) is 14.5. The highest BCUT2D eigenvalue weighted by Crippen LogP contribution is 2.30. The molecule has 0 N–H and O–H groups in total. The van der Waals surface area contributed by atoms with Crippen molar-refractivity contribution in [2.75, 3.05) is 14.2 Å². The molecule has 6 heteroatoms. The average Bonchev–Trinajstić information content (AvgIpc) is 2.78. The lowest BCUT2D eigenvalue weighted by molar-refractivity contribution is 0.0726. The van der Waals surface area contributed by atoms with Crippen molar-refractivity contribution in [2.24, 2.45) is 0 Å². The van der Waals surface area contributed by atoms with Crippen molar-refractivity contribution >= 4 is 29.4 Å². The molecular formula is C24H19ClO5. The Balaban J connectivity index is 1.77. The van der Waals surface area contributed by atoms with Gasteiger partial charge >= 0.3 is 5.97 Å². The molecule has 3 aromatic carbocycles. The third kappa shape index (κ3) is 5.07. The maximum atomic E-state index is 12.5. The summed E-state index contributed by atoms with van der Waals surface area (Å²) < 4.78 is 16.0. The van der Waals surface area contributed by atoms with Crippen molar-refractivity contribution in [2.45, 2.75) is 0 Å². The third-order valence-electron chi connectivity index (χ3n) is 4.27. The van der Waals surface area contributed by atoms with Gasteiger partial charge in [0.15, 0.2) is 17.3 Å². The number of ketones is 1. The lowest BCUT2D eigenvalue weighted by Gasteiger charge is -2.11. The first-order valence-electron chi connectivity index (χ1n) is 9.03. The molecule has 0 aliphatic carbocycles. The Morgan fingerprint density at radius 3 is 2.23 bits per heavy atom. The van der Waals surface area contributed by atoms with Gasteiger partial charge in [0.1, 0.15) is 11.3 Å². The molecule has 30 heavy (non-hydrogen) atoms. The molecule has 0 atom stereocenters. The van der Waals surface area contributed by atoms with Gasteiger partial charge < -0.3 is 14.2 Å². The molecule has 152 valence electrons. The summed E-state index contributed by atoms with van der Waals surface area (Å²) in [5.41, 5.74) is 1.55. The summed E-state index contributed by atoms with van der Waals surface area (Å²) in [6.45, 7) is 0. The summed E-state index contributed by atoms with van der Waals surface area (Å²) in [5.74, 6) is 0.319. The highest BCUT2D eigenvalue weighted by atomic mass is 35.5. The number of ether oxygens (including phenoxy) is 3. The number of hydrogen-bond donors (Lipinski definition) is 0. The van der Waals surface area contributed by atoms with Crippen LogP contribution in [0, 0.1) is 0 Å². The van der Waals surface area contributed by atoms with Crippen LogP contribution >= 0.6 is 11.6 Å². The molecule has 0 fully saturated rings. The van der Waals surface area contributed by atoms with Crippen LogP contribution in [0.5, 0.6) is 17.2 Å². The number of hydrogen-bond acceptors (Lipinski definition) is 5. The van der Waals surface area contributed by atoms with Crippen LogP contribution in [0.15, 0.2) is 72.8 Å². The van der Waals surface area contributed by atoms with Crippen molar-refractivity contribution in [3.05, 3.63) is 94.5 Å². The zero-order valence-electron chi connectivity index (χ0n) is 16.4. The summed E-state index contributed by atoms with van der Waals surface area (Å²) in [7, 11) is 2.96. The van der Waals surface area contributed by atoms with Crippen molar-refractivity contribution in [1.82, 2.24) is 0 Å². The lowest BCUT2D eigenvalue weighted by atomic mass is 10.1. The zero-order chi connectivity index (χ0) is 21.5. The topological polar surface area (TPSA) is 61.8 Å². The SMILES string of the molecule is COc1cc(/C=C/C(=O)c2ccc(Cl)cc2)ccc1OC(=O)c1ccccc1OC. The number of para-hydroxylation sites is 1. The van der Waals surface area contributed by atoms with Crippen LogP contribution in [0.25, 0.3) is 6.08 Å². The first-order valence-corrected chi connectivity index (χ1v) is 9.41. The Hall–Kier alpha value is -3.57. The second kappa shape index (κ2) is 9.76. The van der Waals surface area contributed by atoms with E-state index in [4.69, 9.17) is 25.8 Å². The molecule has 0 unspecified atom stereocenters. The normalized spacial score (nSPS) is 10.6. The monoisotopic (exact) mass is 422 g/mol. The first kappa shape index (κ1) is 21.1. The van der Waals surface area contributed by atoms with Crippen molar-refractivity contribution < 1.29 is 23.8 Å². The van der Waals surface area contributed by atoms with E-state index in [0.29, 0.717) is 33.2 Å². The van der Waals surface area contributed by atoms with Gasteiger partial charge in [0.05, 0.1) is 14.2 Å². The standard InChI is InChI=1S/C24H19ClO5/c1-28-21-6-4-3-5-19(21)24(27)30-22-14-8-16(15-23(22)29-2)7-13-20(26)17-9-11-18(25)12-10-17/h3-15H,1-2H3/b13-7+. The number of esters is 1. The fourth-order valence-electron chi connectivity index (χ4n) is 2.72. The predicted octanol–water partition coefficient (Wildman–Crippen LogP) is 5.47. The van der Waals surface area contributed by atoms with Gasteiger partial charge in [-0.05, 0) is 60.2 Å². The minimum Gasteiger partial charge on any atom is -0.496 e. The number of benzene rings is 3. The molecule has 0 bridgehead atoms. The van der Waals surface area contributed by atoms with E-state index >= 15 is 0 Å². The molecule has 0 heterocycles. The Bertz CT molecular complexity index is 1090. The van der Waals surface area contributed by atoms with Gasteiger partial charge in [0.25, 0.3) is 0 Å². The van der Waals surface area contributed by atoms with Gasteiger partial charge in [0, 0.05) is 10.6 Å². The van der Waals surface area contributed by atoms with E-state index in [9.17, 15) is 9.59 Å². The summed E-state index contributed by atoms with van der Waals surface area (Å²) >= 11 is 5.84. The molecule has 0 aliphatic rings. The van der Waals surface area contributed by atoms with Gasteiger partial charge in [0.2, 0.25) is 0 Å². The highest BCUT2D eigenvalue weighted by molar-refractivity contribution is 6.30. The number of rotatable bonds is 7. The molecule has 0 spiro atoms. The van der Waals surface area contributed by atoms with Crippen LogP contribution in [-0.2, 0) is 0 Å². The van der Waals surface area contributed by atoms with E-state index < -0.39 is 5.97 Å². The quantitative estimate of drug-likeness (QED) is 0.218. The fourth-order valence-corrected chi connectivity index (χ4v) is 2.85. The Morgan fingerprint density at radius 2 is 1.53 bits per heavy atom. The molecule has 5 nitrogen and oxygen atoms in total. The van der Waals surface area contributed by atoms with Crippen LogP contribution in [0.2, 0.25) is 5.02 Å². The molecule has 0 saturated carbocycles. The van der Waals surface area contributed by atoms with Gasteiger partial charge in [-0.25, -0.2) is 4.79 Å². The minimum atomic E-state index is -0.563. The van der Waals surface area contributed by atoms with Crippen LogP contribution in [-0.4, -0.2) is 26.0 Å². The van der Waals surface area contributed by atoms with Crippen LogP contribution in [0.1, 0.15) is 26.3 Å². The summed E-state index contributed by atoms with van der Waals surface area (Å²) in [6, 6.07) is 18.4. The summed E-state index contributed by atoms with van der Waals surface area (Å²) in [4.78, 5) is 24.8. The van der Waals surface area contributed by atoms with Crippen molar-refractivity contribution in [1.29, 1.82) is 0 Å². The van der Waals surface area contributed by atoms with Crippen LogP contribution in [0.4, 0.5) is 0 Å². The Labute approximate surface area is 179 Å². The smallest absolute Gasteiger partial charge is 0.347 e. The molecule has 0 radical (unpaired) electrons. The molecule has 0 amide bonds. The molecule has 3 rings (SSSR count). The Kier molecular flexibility index (Phi) is 6.88. The van der Waals surface area contributed by atoms with E-state index in [2.05, 4.69) is 0 Å². The molecule has 3 aromatic rings. The van der Waals surface area contributed by atoms with Gasteiger partial charge in [-0.15, -0.1) is 0 Å². The van der Waals surface area contributed by atoms with E-state index in [0.717, 1.165) is 0 Å². The number of allylic oxidation sites excluding steroid dienone is 1. The fraction of sp³-hybridized carbons (Fsp3) is 0.0833. The van der Waals surface area contributed by atoms with E-state index in [1.54, 1.807) is 72.8 Å². The van der Waals surface area contributed by atoms with Gasteiger partial charge in [-0.2, -0.15) is 0 Å². The number of halogens is 1. The third-order valence-corrected chi connectivity index (χ3v) is 4.53. The van der Waals surface area contributed by atoms with E-state index in [1.165, 1.54) is 20.3 Å². The largest absolute Gasteiger partial charge is 0.496 e. The maximum Gasteiger partial charge on any atom is 0.347 e. The van der Waals surface area contributed by atoms with Crippen molar-refractivity contribution in [3.8, 4) is 17.2 Å². The molecule has 0 saturated heterocycles. The average molecular weight is 423 g/mol. The number of carbonyl (C=O) groups is 2. The van der Waals surface area contributed by atoms with Crippen LogP contribution in [0.3, 0.4) is 0 Å². The van der Waals surface area contributed by atoms with Crippen LogP contribution < -0.4 is 14.2 Å². The zero-order valence-corrected chi connectivity index (χ0v) is 17.2. The van der Waals surface area contributed by atoms with E-state index in [-0.39, 0.29) is 11.5 Å². The lowest BCUT2D eigenvalue weighted by Crippen LogP contribution is -2.10.